The Labute approximate surface area is 234 Å². The van der Waals surface area contributed by atoms with Crippen molar-refractivity contribution in [3.05, 3.63) is 93.5 Å². The van der Waals surface area contributed by atoms with E-state index in [1.54, 1.807) is 43.3 Å². The zero-order valence-electron chi connectivity index (χ0n) is 21.7. The second kappa shape index (κ2) is 12.7. The van der Waals surface area contributed by atoms with Gasteiger partial charge in [0.15, 0.2) is 0 Å². The summed E-state index contributed by atoms with van der Waals surface area (Å²) in [4.78, 5) is 28.1. The van der Waals surface area contributed by atoms with Gasteiger partial charge in [0.25, 0.3) is 10.0 Å². The summed E-state index contributed by atoms with van der Waals surface area (Å²) in [6, 6.07) is 17.1. The maximum atomic E-state index is 13.9. The molecule has 38 heavy (non-hydrogen) atoms. The summed E-state index contributed by atoms with van der Waals surface area (Å²) in [7, 11) is -2.65. The van der Waals surface area contributed by atoms with Crippen molar-refractivity contribution < 1.29 is 18.0 Å². The lowest BCUT2D eigenvalue weighted by Crippen LogP contribution is -2.51. The number of likely N-dealkylation sites (N-methyl/N-ethyl adjacent to an activating group) is 1. The monoisotopic (exact) mass is 575 g/mol. The molecule has 0 bridgehead atoms. The summed E-state index contributed by atoms with van der Waals surface area (Å²) in [6.45, 7) is 5.19. The van der Waals surface area contributed by atoms with Crippen LogP contribution in [0.5, 0.6) is 0 Å². The van der Waals surface area contributed by atoms with Crippen molar-refractivity contribution in [3.63, 3.8) is 0 Å². The van der Waals surface area contributed by atoms with Crippen LogP contribution in [0.15, 0.2) is 71.6 Å². The maximum Gasteiger partial charge on any atom is 0.264 e. The number of carbonyl (C=O) groups excluding carboxylic acids is 2. The average Bonchev–Trinajstić information content (AvgIpc) is 2.89. The van der Waals surface area contributed by atoms with Crippen LogP contribution >= 0.6 is 23.2 Å². The first-order chi connectivity index (χ1) is 18.0. The molecule has 2 amide bonds. The van der Waals surface area contributed by atoms with Crippen molar-refractivity contribution in [1.82, 2.24) is 10.2 Å². The van der Waals surface area contributed by atoms with Gasteiger partial charge < -0.3 is 10.2 Å². The molecule has 202 valence electrons. The number of hydrogen-bond acceptors (Lipinski definition) is 4. The number of aryl methyl sites for hydroxylation is 2. The van der Waals surface area contributed by atoms with Crippen LogP contribution < -0.4 is 9.62 Å². The molecule has 3 aromatic rings. The topological polar surface area (TPSA) is 86.8 Å². The molecule has 0 saturated heterocycles. The molecule has 1 N–H and O–H groups in total. The highest BCUT2D eigenvalue weighted by Gasteiger charge is 2.33. The molecule has 3 aromatic carbocycles. The molecular formula is C28H31Cl2N3O4S. The van der Waals surface area contributed by atoms with E-state index < -0.39 is 28.5 Å². The largest absolute Gasteiger partial charge is 0.357 e. The summed E-state index contributed by atoms with van der Waals surface area (Å²) >= 11 is 12.0. The molecule has 0 spiro atoms. The fraction of sp³-hybridized carbons (Fsp3) is 0.286. The van der Waals surface area contributed by atoms with Crippen LogP contribution in [-0.4, -0.2) is 44.8 Å². The quantitative estimate of drug-likeness (QED) is 0.352. The van der Waals surface area contributed by atoms with Crippen LogP contribution in [0.25, 0.3) is 0 Å². The van der Waals surface area contributed by atoms with Gasteiger partial charge >= 0.3 is 0 Å². The van der Waals surface area contributed by atoms with Gasteiger partial charge in [-0.3, -0.25) is 13.9 Å². The minimum Gasteiger partial charge on any atom is -0.357 e. The third-order valence-electron chi connectivity index (χ3n) is 6.36. The number of halogens is 2. The van der Waals surface area contributed by atoms with E-state index >= 15 is 0 Å². The molecule has 10 heteroatoms. The molecule has 0 radical (unpaired) electrons. The Morgan fingerprint density at radius 2 is 1.47 bits per heavy atom. The summed E-state index contributed by atoms with van der Waals surface area (Å²) in [5.41, 5.74) is 2.96. The van der Waals surface area contributed by atoms with Gasteiger partial charge in [-0.25, -0.2) is 8.42 Å². The zero-order chi connectivity index (χ0) is 28.0. The van der Waals surface area contributed by atoms with Crippen LogP contribution in [0.4, 0.5) is 5.69 Å². The number of carbonyl (C=O) groups is 2. The lowest BCUT2D eigenvalue weighted by molar-refractivity contribution is -0.140. The number of nitrogens with zero attached hydrogens (tertiary/aromatic N) is 2. The van der Waals surface area contributed by atoms with Crippen molar-refractivity contribution in [2.24, 2.45) is 0 Å². The Balaban J connectivity index is 2.08. The van der Waals surface area contributed by atoms with E-state index in [0.29, 0.717) is 22.2 Å². The number of nitrogens with one attached hydrogen (secondary N) is 1. The van der Waals surface area contributed by atoms with Crippen molar-refractivity contribution in [3.8, 4) is 0 Å². The number of sulfonamides is 1. The molecule has 3 rings (SSSR count). The number of amides is 2. The standard InChI is InChI=1S/C28H31Cl2N3O4S/c1-5-26(28(35)31-4)32(17-21-7-9-22(29)10-8-21)27(34)18-33(24-13-6-19(2)20(3)16-24)38(36,37)25-14-11-23(30)12-15-25/h6-16,26H,5,17-18H2,1-4H3,(H,31,35). The van der Waals surface area contributed by atoms with Gasteiger partial charge in [0.05, 0.1) is 10.6 Å². The Hall–Kier alpha value is -3.07. The number of rotatable bonds is 10. The van der Waals surface area contributed by atoms with Crippen LogP contribution in [0.2, 0.25) is 10.0 Å². The maximum absolute atomic E-state index is 13.9. The van der Waals surface area contributed by atoms with E-state index in [1.807, 2.05) is 19.9 Å². The summed E-state index contributed by atoms with van der Waals surface area (Å²) in [5, 5.41) is 3.54. The average molecular weight is 577 g/mol. The molecule has 0 heterocycles. The van der Waals surface area contributed by atoms with Crippen molar-refractivity contribution >= 4 is 50.7 Å². The summed E-state index contributed by atoms with van der Waals surface area (Å²) in [5.74, 6) is -0.862. The predicted molar refractivity (Wildman–Crippen MR) is 152 cm³/mol. The molecule has 0 aliphatic heterocycles. The minimum atomic E-state index is -4.16. The van der Waals surface area contributed by atoms with E-state index in [9.17, 15) is 18.0 Å². The minimum absolute atomic E-state index is 0.00415. The van der Waals surface area contributed by atoms with E-state index in [-0.39, 0.29) is 17.3 Å². The number of hydrogen-bond donors (Lipinski definition) is 1. The first-order valence-electron chi connectivity index (χ1n) is 12.1. The first-order valence-corrected chi connectivity index (χ1v) is 14.3. The van der Waals surface area contributed by atoms with Gasteiger partial charge in [0, 0.05) is 23.6 Å². The Bertz CT molecular complexity index is 1390. The summed E-state index contributed by atoms with van der Waals surface area (Å²) in [6.07, 6.45) is 0.340. The van der Waals surface area contributed by atoms with Gasteiger partial charge in [0.2, 0.25) is 11.8 Å². The molecule has 0 aromatic heterocycles. The lowest BCUT2D eigenvalue weighted by Gasteiger charge is -2.33. The van der Waals surface area contributed by atoms with E-state index in [4.69, 9.17) is 23.2 Å². The highest BCUT2D eigenvalue weighted by Crippen LogP contribution is 2.27. The second-order valence-corrected chi connectivity index (χ2v) is 11.7. The molecule has 0 aliphatic carbocycles. The van der Waals surface area contributed by atoms with E-state index in [0.717, 1.165) is 21.0 Å². The van der Waals surface area contributed by atoms with Gasteiger partial charge in [-0.05, 0) is 85.5 Å². The number of benzene rings is 3. The Kier molecular flexibility index (Phi) is 9.82. The van der Waals surface area contributed by atoms with Gasteiger partial charge in [0.1, 0.15) is 12.6 Å². The number of anilines is 1. The predicted octanol–water partition coefficient (Wildman–Crippen LogP) is 5.36. The molecule has 7 nitrogen and oxygen atoms in total. The van der Waals surface area contributed by atoms with Crippen molar-refractivity contribution in [2.75, 3.05) is 17.9 Å². The Morgan fingerprint density at radius 1 is 0.895 bits per heavy atom. The molecule has 0 saturated carbocycles. The van der Waals surface area contributed by atoms with Crippen molar-refractivity contribution in [2.45, 2.75) is 44.7 Å². The van der Waals surface area contributed by atoms with Gasteiger partial charge in [-0.2, -0.15) is 0 Å². The van der Waals surface area contributed by atoms with Crippen LogP contribution in [0.1, 0.15) is 30.0 Å². The normalized spacial score (nSPS) is 12.1. The fourth-order valence-corrected chi connectivity index (χ4v) is 5.67. The van der Waals surface area contributed by atoms with Gasteiger partial charge in [-0.15, -0.1) is 0 Å². The first kappa shape index (κ1) is 29.5. The van der Waals surface area contributed by atoms with Crippen LogP contribution in [0.3, 0.4) is 0 Å². The highest BCUT2D eigenvalue weighted by molar-refractivity contribution is 7.92. The molecule has 1 atom stereocenters. The molecule has 0 fully saturated rings. The van der Waals surface area contributed by atoms with Crippen LogP contribution in [-0.2, 0) is 26.2 Å². The SMILES string of the molecule is CCC(C(=O)NC)N(Cc1ccc(Cl)cc1)C(=O)CN(c1ccc(C)c(C)c1)S(=O)(=O)c1ccc(Cl)cc1. The fourth-order valence-electron chi connectivity index (χ4n) is 4.02. The zero-order valence-corrected chi connectivity index (χ0v) is 24.1. The Morgan fingerprint density at radius 3 is 2.00 bits per heavy atom. The molecular weight excluding hydrogens is 545 g/mol. The lowest BCUT2D eigenvalue weighted by atomic mass is 10.1. The van der Waals surface area contributed by atoms with Crippen LogP contribution in [0, 0.1) is 13.8 Å². The van der Waals surface area contributed by atoms with Crippen molar-refractivity contribution in [1.29, 1.82) is 0 Å². The third kappa shape index (κ3) is 6.87. The van der Waals surface area contributed by atoms with Gasteiger partial charge in [-0.1, -0.05) is 48.3 Å². The van der Waals surface area contributed by atoms with E-state index in [2.05, 4.69) is 5.32 Å². The highest BCUT2D eigenvalue weighted by atomic mass is 35.5. The molecule has 1 unspecified atom stereocenters. The smallest absolute Gasteiger partial charge is 0.264 e. The van der Waals surface area contributed by atoms with E-state index in [1.165, 1.54) is 36.2 Å². The molecule has 0 aliphatic rings. The summed E-state index contributed by atoms with van der Waals surface area (Å²) < 4.78 is 28.8. The second-order valence-electron chi connectivity index (χ2n) is 8.92. The third-order valence-corrected chi connectivity index (χ3v) is 8.65.